The summed E-state index contributed by atoms with van der Waals surface area (Å²) in [4.78, 5) is 12.5. The molecule has 0 unspecified atom stereocenters. The smallest absolute Gasteiger partial charge is 0.283 e. The fourth-order valence-corrected chi connectivity index (χ4v) is 3.14. The lowest BCUT2D eigenvalue weighted by atomic mass is 10.2. The van der Waals surface area contributed by atoms with Crippen molar-refractivity contribution in [2.45, 2.75) is 13.5 Å². The van der Waals surface area contributed by atoms with Crippen molar-refractivity contribution in [2.24, 2.45) is 0 Å². The van der Waals surface area contributed by atoms with Crippen LogP contribution in [0.4, 0.5) is 5.82 Å². The van der Waals surface area contributed by atoms with Gasteiger partial charge in [0.1, 0.15) is 12.3 Å². The van der Waals surface area contributed by atoms with E-state index in [2.05, 4.69) is 20.7 Å². The van der Waals surface area contributed by atoms with Gasteiger partial charge in [-0.15, -0.1) is 10.2 Å². The molecule has 1 amide bonds. The Bertz CT molecular complexity index is 1300. The standard InChI is InChI=1S/C20H15N5O4/c1-12-9-17(24-29-12)21-18(26)11-25-10-14(13-5-2-3-6-15(13)25)19-22-23-20(28-19)16-7-4-8-27-16/h2-10H,11H2,1H3,(H,21,24,26). The van der Waals surface area contributed by atoms with E-state index < -0.39 is 0 Å². The van der Waals surface area contributed by atoms with Crippen molar-refractivity contribution >= 4 is 22.6 Å². The van der Waals surface area contributed by atoms with Crippen molar-refractivity contribution in [1.82, 2.24) is 19.9 Å². The van der Waals surface area contributed by atoms with Crippen LogP contribution in [0.3, 0.4) is 0 Å². The van der Waals surface area contributed by atoms with Crippen LogP contribution in [0.15, 0.2) is 68.3 Å². The summed E-state index contributed by atoms with van der Waals surface area (Å²) in [5.74, 6) is 1.91. The maximum Gasteiger partial charge on any atom is 0.283 e. The Hall–Kier alpha value is -4.14. The summed E-state index contributed by atoms with van der Waals surface area (Å²) in [5, 5.41) is 15.6. The number of furan rings is 1. The molecule has 0 atom stereocenters. The summed E-state index contributed by atoms with van der Waals surface area (Å²) in [6.45, 7) is 1.85. The summed E-state index contributed by atoms with van der Waals surface area (Å²) >= 11 is 0. The number of rotatable bonds is 5. The highest BCUT2D eigenvalue weighted by atomic mass is 16.5. The van der Waals surface area contributed by atoms with Crippen LogP contribution in [0.2, 0.25) is 0 Å². The van der Waals surface area contributed by atoms with Crippen LogP contribution in [-0.4, -0.2) is 25.8 Å². The van der Waals surface area contributed by atoms with Crippen molar-refractivity contribution in [2.75, 3.05) is 5.32 Å². The minimum atomic E-state index is -0.229. The number of nitrogens with zero attached hydrogens (tertiary/aromatic N) is 4. The molecule has 29 heavy (non-hydrogen) atoms. The second kappa shape index (κ2) is 6.79. The molecule has 4 heterocycles. The lowest BCUT2D eigenvalue weighted by Gasteiger charge is -2.04. The van der Waals surface area contributed by atoms with E-state index >= 15 is 0 Å². The first-order valence-electron chi connectivity index (χ1n) is 8.86. The largest absolute Gasteiger partial charge is 0.459 e. The average molecular weight is 389 g/mol. The SMILES string of the molecule is Cc1cc(NC(=O)Cn2cc(-c3nnc(-c4ccco4)o3)c3ccccc32)no1. The van der Waals surface area contributed by atoms with E-state index in [0.717, 1.165) is 16.5 Å². The van der Waals surface area contributed by atoms with Gasteiger partial charge in [-0.1, -0.05) is 23.4 Å². The fraction of sp³-hybridized carbons (Fsp3) is 0.100. The van der Waals surface area contributed by atoms with Gasteiger partial charge in [0.2, 0.25) is 11.8 Å². The number of carbonyl (C=O) groups excluding carboxylic acids is 1. The first kappa shape index (κ1) is 17.0. The lowest BCUT2D eigenvalue weighted by molar-refractivity contribution is -0.116. The van der Waals surface area contributed by atoms with Crippen molar-refractivity contribution in [3.8, 4) is 23.1 Å². The van der Waals surface area contributed by atoms with E-state index in [1.165, 1.54) is 0 Å². The minimum absolute atomic E-state index is 0.0889. The number of hydrogen-bond donors (Lipinski definition) is 1. The molecule has 0 saturated carbocycles. The summed E-state index contributed by atoms with van der Waals surface area (Å²) in [7, 11) is 0. The van der Waals surface area contributed by atoms with E-state index in [0.29, 0.717) is 29.1 Å². The molecule has 1 aromatic carbocycles. The average Bonchev–Trinajstić information content (AvgIpc) is 3.48. The van der Waals surface area contributed by atoms with Crippen molar-refractivity contribution in [3.05, 3.63) is 60.7 Å². The molecule has 4 aromatic heterocycles. The van der Waals surface area contributed by atoms with Crippen LogP contribution in [0.1, 0.15) is 5.76 Å². The molecule has 0 radical (unpaired) electrons. The number of fused-ring (bicyclic) bond motifs is 1. The molecule has 5 aromatic rings. The topological polar surface area (TPSA) is 112 Å². The van der Waals surface area contributed by atoms with Crippen LogP contribution in [0, 0.1) is 6.92 Å². The Balaban J connectivity index is 1.47. The Kier molecular flexibility index (Phi) is 3.98. The number of para-hydroxylation sites is 1. The number of hydrogen-bond acceptors (Lipinski definition) is 7. The zero-order valence-corrected chi connectivity index (χ0v) is 15.3. The maximum absolute atomic E-state index is 12.5. The molecular weight excluding hydrogens is 374 g/mol. The zero-order chi connectivity index (χ0) is 19.8. The highest BCUT2D eigenvalue weighted by molar-refractivity contribution is 5.96. The summed E-state index contributed by atoms with van der Waals surface area (Å²) < 4.78 is 17.9. The highest BCUT2D eigenvalue weighted by Crippen LogP contribution is 2.31. The molecule has 0 aliphatic heterocycles. The third-order valence-corrected chi connectivity index (χ3v) is 4.39. The van der Waals surface area contributed by atoms with Gasteiger partial charge in [-0.3, -0.25) is 4.79 Å². The van der Waals surface area contributed by atoms with Gasteiger partial charge in [-0.2, -0.15) is 0 Å². The molecule has 0 saturated heterocycles. The third-order valence-electron chi connectivity index (χ3n) is 4.39. The number of benzene rings is 1. The van der Waals surface area contributed by atoms with Gasteiger partial charge in [0.15, 0.2) is 11.6 Å². The molecule has 0 fully saturated rings. The quantitative estimate of drug-likeness (QED) is 0.485. The number of carbonyl (C=O) groups is 1. The molecule has 144 valence electrons. The normalized spacial score (nSPS) is 11.2. The van der Waals surface area contributed by atoms with Crippen LogP contribution in [0.25, 0.3) is 34.0 Å². The number of aromatic nitrogens is 4. The van der Waals surface area contributed by atoms with Crippen LogP contribution in [-0.2, 0) is 11.3 Å². The Morgan fingerprint density at radius 1 is 1.14 bits per heavy atom. The Morgan fingerprint density at radius 2 is 2.00 bits per heavy atom. The fourth-order valence-electron chi connectivity index (χ4n) is 3.14. The highest BCUT2D eigenvalue weighted by Gasteiger charge is 2.18. The van der Waals surface area contributed by atoms with Crippen molar-refractivity contribution in [3.63, 3.8) is 0 Å². The molecule has 1 N–H and O–H groups in total. The summed E-state index contributed by atoms with van der Waals surface area (Å²) in [6.07, 6.45) is 3.36. The van der Waals surface area contributed by atoms with E-state index in [-0.39, 0.29) is 12.5 Å². The number of amides is 1. The Labute approximate surface area is 163 Å². The molecule has 9 nitrogen and oxygen atoms in total. The van der Waals surface area contributed by atoms with Gasteiger partial charge in [-0.05, 0) is 25.1 Å². The Morgan fingerprint density at radius 3 is 2.79 bits per heavy atom. The van der Waals surface area contributed by atoms with Gasteiger partial charge < -0.3 is 23.2 Å². The monoisotopic (exact) mass is 389 g/mol. The van der Waals surface area contributed by atoms with Gasteiger partial charge >= 0.3 is 0 Å². The first-order chi connectivity index (χ1) is 14.2. The second-order valence-corrected chi connectivity index (χ2v) is 6.45. The lowest BCUT2D eigenvalue weighted by Crippen LogP contribution is -2.18. The van der Waals surface area contributed by atoms with Crippen LogP contribution >= 0.6 is 0 Å². The van der Waals surface area contributed by atoms with Gasteiger partial charge in [0, 0.05) is 23.2 Å². The van der Waals surface area contributed by atoms with Gasteiger partial charge in [0.25, 0.3) is 5.89 Å². The summed E-state index contributed by atoms with van der Waals surface area (Å²) in [5.41, 5.74) is 1.60. The predicted octanol–water partition coefficient (Wildman–Crippen LogP) is 3.89. The second-order valence-electron chi connectivity index (χ2n) is 6.45. The van der Waals surface area contributed by atoms with Gasteiger partial charge in [-0.25, -0.2) is 0 Å². The minimum Gasteiger partial charge on any atom is -0.459 e. The first-order valence-corrected chi connectivity index (χ1v) is 8.86. The predicted molar refractivity (Wildman–Crippen MR) is 103 cm³/mol. The number of aryl methyl sites for hydroxylation is 1. The van der Waals surface area contributed by atoms with Crippen LogP contribution in [0.5, 0.6) is 0 Å². The van der Waals surface area contributed by atoms with E-state index in [9.17, 15) is 4.79 Å². The summed E-state index contributed by atoms with van der Waals surface area (Å²) in [6, 6.07) is 12.8. The molecule has 5 rings (SSSR count). The molecule has 0 aliphatic carbocycles. The number of nitrogens with one attached hydrogen (secondary N) is 1. The maximum atomic E-state index is 12.5. The van der Waals surface area contributed by atoms with E-state index in [4.69, 9.17) is 13.4 Å². The van der Waals surface area contributed by atoms with E-state index in [1.54, 1.807) is 31.4 Å². The third kappa shape index (κ3) is 3.18. The van der Waals surface area contributed by atoms with Crippen molar-refractivity contribution < 1.29 is 18.2 Å². The molecule has 0 aliphatic rings. The zero-order valence-electron chi connectivity index (χ0n) is 15.3. The van der Waals surface area contributed by atoms with Crippen LogP contribution < -0.4 is 5.32 Å². The van der Waals surface area contributed by atoms with Gasteiger partial charge in [0.05, 0.1) is 11.8 Å². The van der Waals surface area contributed by atoms with E-state index in [1.807, 2.05) is 35.0 Å². The van der Waals surface area contributed by atoms with Crippen molar-refractivity contribution in [1.29, 1.82) is 0 Å². The molecule has 0 spiro atoms. The number of anilines is 1. The molecule has 0 bridgehead atoms. The molecular formula is C20H15N5O4. The molecule has 9 heteroatoms.